The fraction of sp³-hybridized carbons (Fsp3) is 0.429. The number of hydrazone groups is 1. The molecule has 1 atom stereocenters. The van der Waals surface area contributed by atoms with Gasteiger partial charge in [0.2, 0.25) is 0 Å². The van der Waals surface area contributed by atoms with Crippen LogP contribution in [0, 0.1) is 5.92 Å². The normalized spacial score (nSPS) is 25.3. The molecule has 0 radical (unpaired) electrons. The number of aliphatic hydroxyl groups is 1. The minimum Gasteiger partial charge on any atom is -0.362 e. The Morgan fingerprint density at radius 3 is 2.55 bits per heavy atom. The second kappa shape index (κ2) is 5.06. The molecule has 118 valence electrons. The van der Waals surface area contributed by atoms with Gasteiger partial charge < -0.3 is 5.11 Å². The average molecular weight is 377 g/mol. The van der Waals surface area contributed by atoms with Crippen molar-refractivity contribution in [2.75, 3.05) is 0 Å². The first kappa shape index (κ1) is 15.5. The number of halogens is 4. The van der Waals surface area contributed by atoms with Gasteiger partial charge in [-0.2, -0.15) is 23.3 Å². The lowest BCUT2D eigenvalue weighted by Gasteiger charge is -2.32. The highest BCUT2D eigenvalue weighted by Gasteiger charge is 2.64. The number of amides is 1. The standard InChI is InChI=1S/C14H12BrF3N2O2/c15-10-4-2-1-3-9(10)12(21)20-13(22,14(16,17)18)7-11(19-20)8-5-6-8/h1-4,8,22H,5-7H2. The van der Waals surface area contributed by atoms with Crippen molar-refractivity contribution >= 4 is 27.5 Å². The molecule has 1 aliphatic heterocycles. The van der Waals surface area contributed by atoms with E-state index in [-0.39, 0.29) is 22.2 Å². The van der Waals surface area contributed by atoms with Crippen molar-refractivity contribution in [2.24, 2.45) is 11.0 Å². The lowest BCUT2D eigenvalue weighted by molar-refractivity contribution is -0.297. The quantitative estimate of drug-likeness (QED) is 0.860. The predicted octanol–water partition coefficient (Wildman–Crippen LogP) is 3.31. The number of benzene rings is 1. The highest BCUT2D eigenvalue weighted by Crippen LogP contribution is 2.45. The van der Waals surface area contributed by atoms with Gasteiger partial charge in [0.05, 0.1) is 5.56 Å². The molecule has 0 spiro atoms. The Kier molecular flexibility index (Phi) is 3.56. The third kappa shape index (κ3) is 2.44. The molecule has 0 aromatic heterocycles. The maximum atomic E-state index is 13.3. The largest absolute Gasteiger partial charge is 0.438 e. The number of carbonyl (C=O) groups is 1. The topological polar surface area (TPSA) is 52.9 Å². The van der Waals surface area contributed by atoms with Gasteiger partial charge in [0.25, 0.3) is 11.6 Å². The summed E-state index contributed by atoms with van der Waals surface area (Å²) in [5.74, 6) is -1.05. The average Bonchev–Trinajstić information content (AvgIpc) is 3.21. The van der Waals surface area contributed by atoms with Crippen molar-refractivity contribution in [3.05, 3.63) is 34.3 Å². The Balaban J connectivity index is 2.01. The van der Waals surface area contributed by atoms with E-state index in [1.54, 1.807) is 12.1 Å². The Labute approximate surface area is 132 Å². The van der Waals surface area contributed by atoms with E-state index >= 15 is 0 Å². The van der Waals surface area contributed by atoms with E-state index in [0.29, 0.717) is 4.47 Å². The van der Waals surface area contributed by atoms with Gasteiger partial charge in [-0.1, -0.05) is 12.1 Å². The second-order valence-electron chi connectivity index (χ2n) is 5.45. The molecule has 1 unspecified atom stereocenters. The molecule has 1 aliphatic carbocycles. The third-order valence-corrected chi connectivity index (χ3v) is 4.50. The van der Waals surface area contributed by atoms with Crippen LogP contribution in [0.2, 0.25) is 0 Å². The van der Waals surface area contributed by atoms with Crippen LogP contribution in [0.1, 0.15) is 29.6 Å². The van der Waals surface area contributed by atoms with Crippen LogP contribution in [-0.4, -0.2) is 33.6 Å². The van der Waals surface area contributed by atoms with Crippen LogP contribution in [0.4, 0.5) is 13.2 Å². The lowest BCUT2D eigenvalue weighted by Crippen LogP contribution is -2.56. The minimum atomic E-state index is -4.98. The van der Waals surface area contributed by atoms with Crippen LogP contribution in [-0.2, 0) is 0 Å². The predicted molar refractivity (Wildman–Crippen MR) is 76.1 cm³/mol. The van der Waals surface area contributed by atoms with Crippen LogP contribution in [0.5, 0.6) is 0 Å². The smallest absolute Gasteiger partial charge is 0.362 e. The number of hydrogen-bond donors (Lipinski definition) is 1. The van der Waals surface area contributed by atoms with Gasteiger partial charge in [0.1, 0.15) is 0 Å². The van der Waals surface area contributed by atoms with Gasteiger partial charge in [-0.15, -0.1) is 0 Å². The van der Waals surface area contributed by atoms with E-state index < -0.39 is 24.2 Å². The summed E-state index contributed by atoms with van der Waals surface area (Å²) >= 11 is 3.13. The Morgan fingerprint density at radius 2 is 2.00 bits per heavy atom. The Morgan fingerprint density at radius 1 is 1.36 bits per heavy atom. The molecular formula is C14H12BrF3N2O2. The molecule has 1 saturated carbocycles. The lowest BCUT2D eigenvalue weighted by atomic mass is 10.0. The van der Waals surface area contributed by atoms with E-state index in [2.05, 4.69) is 21.0 Å². The molecule has 3 rings (SSSR count). The Hall–Kier alpha value is -1.41. The maximum Gasteiger partial charge on any atom is 0.438 e. The summed E-state index contributed by atoms with van der Waals surface area (Å²) in [5, 5.41) is 14.1. The van der Waals surface area contributed by atoms with Crippen molar-refractivity contribution in [1.82, 2.24) is 5.01 Å². The number of carbonyl (C=O) groups excluding carboxylic acids is 1. The summed E-state index contributed by atoms with van der Waals surface area (Å²) in [6.07, 6.45) is -4.19. The fourth-order valence-electron chi connectivity index (χ4n) is 2.40. The highest BCUT2D eigenvalue weighted by atomic mass is 79.9. The molecule has 1 amide bonds. The maximum absolute atomic E-state index is 13.3. The fourth-order valence-corrected chi connectivity index (χ4v) is 2.85. The molecule has 1 N–H and O–H groups in total. The molecular weight excluding hydrogens is 365 g/mol. The molecule has 0 bridgehead atoms. The monoisotopic (exact) mass is 376 g/mol. The first-order chi connectivity index (χ1) is 10.2. The molecule has 2 aliphatic rings. The Bertz CT molecular complexity index is 658. The van der Waals surface area contributed by atoms with Gasteiger partial charge >= 0.3 is 6.18 Å². The molecule has 4 nitrogen and oxygen atoms in total. The van der Waals surface area contributed by atoms with Crippen LogP contribution >= 0.6 is 15.9 Å². The first-order valence-electron chi connectivity index (χ1n) is 6.69. The van der Waals surface area contributed by atoms with Crippen LogP contribution in [0.25, 0.3) is 0 Å². The van der Waals surface area contributed by atoms with E-state index in [9.17, 15) is 23.1 Å². The number of nitrogens with zero attached hydrogens (tertiary/aromatic N) is 2. The van der Waals surface area contributed by atoms with Gasteiger partial charge in [0.15, 0.2) is 0 Å². The van der Waals surface area contributed by atoms with Gasteiger partial charge in [-0.25, -0.2) is 0 Å². The summed E-state index contributed by atoms with van der Waals surface area (Å²) in [6, 6.07) is 6.10. The molecule has 1 fully saturated rings. The molecule has 1 aromatic carbocycles. The number of rotatable bonds is 2. The van der Waals surface area contributed by atoms with Gasteiger partial charge in [0, 0.05) is 16.6 Å². The van der Waals surface area contributed by atoms with E-state index in [4.69, 9.17) is 0 Å². The van der Waals surface area contributed by atoms with Crippen LogP contribution in [0.3, 0.4) is 0 Å². The first-order valence-corrected chi connectivity index (χ1v) is 7.49. The van der Waals surface area contributed by atoms with Crippen molar-refractivity contribution in [1.29, 1.82) is 0 Å². The minimum absolute atomic E-state index is 0.0194. The molecule has 22 heavy (non-hydrogen) atoms. The second-order valence-corrected chi connectivity index (χ2v) is 6.31. The molecule has 0 saturated heterocycles. The van der Waals surface area contributed by atoms with E-state index in [1.807, 2.05) is 0 Å². The van der Waals surface area contributed by atoms with Crippen molar-refractivity contribution < 1.29 is 23.1 Å². The van der Waals surface area contributed by atoms with Crippen LogP contribution < -0.4 is 0 Å². The molecule has 8 heteroatoms. The van der Waals surface area contributed by atoms with E-state index in [0.717, 1.165) is 12.8 Å². The summed E-state index contributed by atoms with van der Waals surface area (Å²) in [6.45, 7) is 0. The van der Waals surface area contributed by atoms with Gasteiger partial charge in [-0.3, -0.25) is 4.79 Å². The summed E-state index contributed by atoms with van der Waals surface area (Å²) in [5.41, 5.74) is -3.02. The summed E-state index contributed by atoms with van der Waals surface area (Å²) in [4.78, 5) is 12.4. The van der Waals surface area contributed by atoms with Gasteiger partial charge in [-0.05, 0) is 46.8 Å². The van der Waals surface area contributed by atoms with Crippen molar-refractivity contribution in [3.63, 3.8) is 0 Å². The zero-order valence-corrected chi connectivity index (χ0v) is 12.9. The number of hydrogen-bond acceptors (Lipinski definition) is 3. The SMILES string of the molecule is O=C(c1ccccc1Br)N1N=C(C2CC2)CC1(O)C(F)(F)F. The van der Waals surface area contributed by atoms with Crippen LogP contribution in [0.15, 0.2) is 33.8 Å². The summed E-state index contributed by atoms with van der Waals surface area (Å²) in [7, 11) is 0. The van der Waals surface area contributed by atoms with Crippen molar-refractivity contribution in [3.8, 4) is 0 Å². The van der Waals surface area contributed by atoms with E-state index in [1.165, 1.54) is 12.1 Å². The zero-order chi connectivity index (χ0) is 16.1. The number of alkyl halides is 3. The summed E-state index contributed by atoms with van der Waals surface area (Å²) < 4.78 is 40.2. The van der Waals surface area contributed by atoms with Crippen molar-refractivity contribution in [2.45, 2.75) is 31.2 Å². The molecule has 1 heterocycles. The highest BCUT2D eigenvalue weighted by molar-refractivity contribution is 9.10. The molecule has 1 aromatic rings. The zero-order valence-electron chi connectivity index (χ0n) is 11.3. The third-order valence-electron chi connectivity index (χ3n) is 3.81.